The lowest BCUT2D eigenvalue weighted by molar-refractivity contribution is 0.261. The molecule has 28 heavy (non-hydrogen) atoms. The second kappa shape index (κ2) is 8.41. The third kappa shape index (κ3) is 4.06. The number of fused-ring (bicyclic) bond motifs is 1. The van der Waals surface area contributed by atoms with Crippen molar-refractivity contribution in [1.82, 2.24) is 9.21 Å². The van der Waals surface area contributed by atoms with E-state index in [9.17, 15) is 8.42 Å². The fourth-order valence-corrected chi connectivity index (χ4v) is 6.24. The number of rotatable bonds is 5. The molecular weight excluding hydrogens is 396 g/mol. The predicted molar refractivity (Wildman–Crippen MR) is 113 cm³/mol. The van der Waals surface area contributed by atoms with E-state index < -0.39 is 10.0 Å². The second-order valence-corrected chi connectivity index (χ2v) is 9.61. The van der Waals surface area contributed by atoms with E-state index in [0.29, 0.717) is 24.9 Å². The zero-order valence-electron chi connectivity index (χ0n) is 16.2. The molecule has 0 saturated carbocycles. The molecule has 2 aromatic carbocycles. The number of ether oxygens (including phenoxy) is 1. The summed E-state index contributed by atoms with van der Waals surface area (Å²) < 4.78 is 32.8. The Morgan fingerprint density at radius 1 is 1.00 bits per heavy atom. The Hall–Kier alpha value is -1.60. The molecule has 2 saturated heterocycles. The third-order valence-corrected chi connectivity index (χ3v) is 7.69. The summed E-state index contributed by atoms with van der Waals surface area (Å²) in [6, 6.07) is 17.8. The second-order valence-electron chi connectivity index (χ2n) is 7.64. The van der Waals surface area contributed by atoms with Crippen molar-refractivity contribution in [2.45, 2.75) is 11.8 Å². The summed E-state index contributed by atoms with van der Waals surface area (Å²) in [5.41, 5.74) is 2.08. The zero-order valence-corrected chi connectivity index (χ0v) is 17.8. The molecule has 0 unspecified atom stereocenters. The molecule has 0 aromatic heterocycles. The van der Waals surface area contributed by atoms with E-state index in [1.165, 1.54) is 5.56 Å². The Morgan fingerprint density at radius 3 is 2.32 bits per heavy atom. The average molecular weight is 423 g/mol. The van der Waals surface area contributed by atoms with Crippen molar-refractivity contribution in [2.75, 3.05) is 33.8 Å². The summed E-state index contributed by atoms with van der Waals surface area (Å²) >= 11 is 0. The van der Waals surface area contributed by atoms with Crippen molar-refractivity contribution >= 4 is 22.4 Å². The van der Waals surface area contributed by atoms with Gasteiger partial charge in [-0.2, -0.15) is 0 Å². The molecule has 0 spiro atoms. The minimum atomic E-state index is -3.29. The molecule has 152 valence electrons. The summed E-state index contributed by atoms with van der Waals surface area (Å²) in [4.78, 5) is 2.36. The lowest BCUT2D eigenvalue weighted by atomic mass is 9.89. The number of likely N-dealkylation sites (tertiary alicyclic amines) is 1. The smallest absolute Gasteiger partial charge is 0.218 e. The van der Waals surface area contributed by atoms with Gasteiger partial charge >= 0.3 is 0 Å². The zero-order chi connectivity index (χ0) is 19.0. The van der Waals surface area contributed by atoms with E-state index in [2.05, 4.69) is 24.1 Å². The third-order valence-electron chi connectivity index (χ3n) is 5.90. The van der Waals surface area contributed by atoms with Crippen molar-refractivity contribution in [1.29, 1.82) is 0 Å². The number of methoxy groups -OCH3 is 1. The van der Waals surface area contributed by atoms with Gasteiger partial charge in [-0.25, -0.2) is 12.7 Å². The Kier molecular flexibility index (Phi) is 6.34. The lowest BCUT2D eigenvalue weighted by Crippen LogP contribution is -2.34. The fourth-order valence-electron chi connectivity index (χ4n) is 4.62. The van der Waals surface area contributed by atoms with Crippen LogP contribution in [0.25, 0.3) is 0 Å². The first kappa shape index (κ1) is 21.1. The first-order valence-corrected chi connectivity index (χ1v) is 10.9. The van der Waals surface area contributed by atoms with E-state index in [0.717, 1.165) is 17.9 Å². The topological polar surface area (TPSA) is 49.9 Å². The van der Waals surface area contributed by atoms with Crippen LogP contribution in [0.4, 0.5) is 0 Å². The minimum absolute atomic E-state index is 0. The summed E-state index contributed by atoms with van der Waals surface area (Å²) in [6.07, 6.45) is 0. The first-order chi connectivity index (χ1) is 13.0. The van der Waals surface area contributed by atoms with Gasteiger partial charge in [-0.1, -0.05) is 42.5 Å². The predicted octanol–water partition coefficient (Wildman–Crippen LogP) is 3.18. The van der Waals surface area contributed by atoms with Crippen molar-refractivity contribution in [2.24, 2.45) is 11.8 Å². The molecule has 4 rings (SSSR count). The molecular formula is C21H27ClN2O3S. The number of halogens is 1. The molecule has 2 fully saturated rings. The van der Waals surface area contributed by atoms with Crippen LogP contribution < -0.4 is 4.74 Å². The van der Waals surface area contributed by atoms with Crippen molar-refractivity contribution < 1.29 is 13.2 Å². The highest BCUT2D eigenvalue weighted by Crippen LogP contribution is 2.45. The lowest BCUT2D eigenvalue weighted by Gasteiger charge is -2.26. The van der Waals surface area contributed by atoms with Gasteiger partial charge in [-0.3, -0.25) is 4.90 Å². The van der Waals surface area contributed by atoms with Crippen molar-refractivity contribution in [3.05, 3.63) is 65.7 Å². The normalized spacial score (nSPS) is 25.3. The Bertz CT molecular complexity index is 890. The summed E-state index contributed by atoms with van der Waals surface area (Å²) in [7, 11) is 0.507. The number of hydrogen-bond donors (Lipinski definition) is 0. The van der Waals surface area contributed by atoms with E-state index in [-0.39, 0.29) is 24.2 Å². The highest BCUT2D eigenvalue weighted by Gasteiger charge is 2.48. The summed E-state index contributed by atoms with van der Waals surface area (Å²) in [5, 5.41) is 0. The van der Waals surface area contributed by atoms with Crippen LogP contribution in [0.15, 0.2) is 54.6 Å². The molecule has 5 nitrogen and oxygen atoms in total. The first-order valence-electron chi connectivity index (χ1n) is 9.34. The van der Waals surface area contributed by atoms with Crippen molar-refractivity contribution in [3.8, 4) is 5.75 Å². The SMILES string of the molecule is COc1ccc([C@H]2[C@@H]3CN(S(=O)(=O)Cc4ccccc4)C[C@@H]3CN2C)cc1.Cl. The standard InChI is InChI=1S/C21H26N2O3S.ClH/c1-22-12-18-13-23(27(24,25)15-16-6-4-3-5-7-16)14-20(18)21(22)17-8-10-19(26-2)11-9-17;/h3-11,18,20-21H,12-15H2,1-2H3;1H/t18-,20+,21-;/m0./s1. The van der Waals surface area contributed by atoms with Gasteiger partial charge < -0.3 is 4.74 Å². The van der Waals surface area contributed by atoms with Gasteiger partial charge in [0.05, 0.1) is 12.9 Å². The van der Waals surface area contributed by atoms with E-state index in [4.69, 9.17) is 4.74 Å². The molecule has 0 amide bonds. The fraction of sp³-hybridized carbons (Fsp3) is 0.429. The van der Waals surface area contributed by atoms with Crippen LogP contribution >= 0.6 is 12.4 Å². The largest absolute Gasteiger partial charge is 0.497 e. The highest BCUT2D eigenvalue weighted by atomic mass is 35.5. The maximum atomic E-state index is 12.9. The number of benzene rings is 2. The maximum absolute atomic E-state index is 12.9. The molecule has 0 radical (unpaired) electrons. The van der Waals surface area contributed by atoms with E-state index >= 15 is 0 Å². The quantitative estimate of drug-likeness (QED) is 0.742. The maximum Gasteiger partial charge on any atom is 0.218 e. The van der Waals surface area contributed by atoms with Crippen LogP contribution in [0.5, 0.6) is 5.75 Å². The monoisotopic (exact) mass is 422 g/mol. The number of sulfonamides is 1. The van der Waals surface area contributed by atoms with Gasteiger partial charge in [-0.05, 0) is 42.1 Å². The average Bonchev–Trinajstić information content (AvgIpc) is 3.20. The summed E-state index contributed by atoms with van der Waals surface area (Å²) in [5.74, 6) is 1.63. The molecule has 3 atom stereocenters. The van der Waals surface area contributed by atoms with Crippen LogP contribution in [0, 0.1) is 11.8 Å². The van der Waals surface area contributed by atoms with Gasteiger partial charge in [0, 0.05) is 25.7 Å². The minimum Gasteiger partial charge on any atom is -0.497 e. The van der Waals surface area contributed by atoms with E-state index in [1.807, 2.05) is 42.5 Å². The molecule has 2 heterocycles. The molecule has 7 heteroatoms. The van der Waals surface area contributed by atoms with Crippen LogP contribution in [0.1, 0.15) is 17.2 Å². The number of hydrogen-bond acceptors (Lipinski definition) is 4. The molecule has 2 aliphatic heterocycles. The van der Waals surface area contributed by atoms with E-state index in [1.54, 1.807) is 11.4 Å². The molecule has 2 aromatic rings. The van der Waals surface area contributed by atoms with Gasteiger partial charge in [0.15, 0.2) is 0 Å². The Morgan fingerprint density at radius 2 is 1.68 bits per heavy atom. The molecule has 2 aliphatic rings. The molecule has 0 N–H and O–H groups in total. The van der Waals surface area contributed by atoms with Crippen LogP contribution in [-0.2, 0) is 15.8 Å². The molecule has 0 aliphatic carbocycles. The van der Waals surface area contributed by atoms with Crippen LogP contribution in [-0.4, -0.2) is 51.4 Å². The van der Waals surface area contributed by atoms with Gasteiger partial charge in [0.25, 0.3) is 0 Å². The van der Waals surface area contributed by atoms with Gasteiger partial charge in [0.1, 0.15) is 5.75 Å². The Balaban J connectivity index is 0.00000225. The Labute approximate surface area is 173 Å². The number of nitrogens with zero attached hydrogens (tertiary/aromatic N) is 2. The van der Waals surface area contributed by atoms with Gasteiger partial charge in [0.2, 0.25) is 10.0 Å². The highest BCUT2D eigenvalue weighted by molar-refractivity contribution is 7.88. The van der Waals surface area contributed by atoms with Crippen molar-refractivity contribution in [3.63, 3.8) is 0 Å². The van der Waals surface area contributed by atoms with Crippen LogP contribution in [0.3, 0.4) is 0 Å². The van der Waals surface area contributed by atoms with Gasteiger partial charge in [-0.15, -0.1) is 12.4 Å². The molecule has 0 bridgehead atoms. The summed E-state index contributed by atoms with van der Waals surface area (Å²) in [6.45, 7) is 2.15. The van der Waals surface area contributed by atoms with Crippen LogP contribution in [0.2, 0.25) is 0 Å².